The highest BCUT2D eigenvalue weighted by Gasteiger charge is 2.14. The number of fused-ring (bicyclic) bond motifs is 1. The monoisotopic (exact) mass is 356 g/mol. The van der Waals surface area contributed by atoms with Crippen molar-refractivity contribution in [3.05, 3.63) is 30.9 Å². The van der Waals surface area contributed by atoms with E-state index in [9.17, 15) is 4.79 Å². The Morgan fingerprint density at radius 3 is 2.85 bits per heavy atom. The smallest absolute Gasteiger partial charge is 0.325 e. The summed E-state index contributed by atoms with van der Waals surface area (Å²) >= 11 is 0. The van der Waals surface area contributed by atoms with Gasteiger partial charge in [0, 0.05) is 30.5 Å². The number of hydrogen-bond donors (Lipinski definition) is 2. The van der Waals surface area contributed by atoms with Crippen LogP contribution >= 0.6 is 0 Å². The molecule has 0 aliphatic carbocycles. The fraction of sp³-hybridized carbons (Fsp3) is 0.444. The Bertz CT molecular complexity index is 898. The molecule has 3 aromatic heterocycles. The SMILES string of the molecule is CCC(Cn1ccc2cnc(Nc3cnn(CC(=O)O)c3)nc21)C(C)C. The highest BCUT2D eigenvalue weighted by molar-refractivity contribution is 5.76. The van der Waals surface area contributed by atoms with Gasteiger partial charge in [-0.3, -0.25) is 9.48 Å². The van der Waals surface area contributed by atoms with E-state index >= 15 is 0 Å². The third kappa shape index (κ3) is 4.01. The number of carboxylic acids is 1. The molecule has 138 valence electrons. The van der Waals surface area contributed by atoms with Gasteiger partial charge in [0.15, 0.2) is 0 Å². The average Bonchev–Trinajstić information content (AvgIpc) is 3.18. The Hall–Kier alpha value is -2.90. The van der Waals surface area contributed by atoms with Crippen LogP contribution in [0.15, 0.2) is 30.9 Å². The molecule has 8 nitrogen and oxygen atoms in total. The molecule has 0 aliphatic rings. The highest BCUT2D eigenvalue weighted by atomic mass is 16.4. The molecular formula is C18H24N6O2. The second-order valence-corrected chi connectivity index (χ2v) is 6.80. The van der Waals surface area contributed by atoms with Gasteiger partial charge in [0.1, 0.15) is 12.2 Å². The second kappa shape index (κ2) is 7.55. The highest BCUT2D eigenvalue weighted by Crippen LogP contribution is 2.22. The van der Waals surface area contributed by atoms with Gasteiger partial charge in [-0.05, 0) is 17.9 Å². The molecule has 2 N–H and O–H groups in total. The maximum absolute atomic E-state index is 10.7. The maximum atomic E-state index is 10.7. The van der Waals surface area contributed by atoms with E-state index in [1.165, 1.54) is 4.68 Å². The lowest BCUT2D eigenvalue weighted by Gasteiger charge is -2.20. The minimum atomic E-state index is -0.939. The van der Waals surface area contributed by atoms with Crippen LogP contribution in [-0.4, -0.2) is 35.4 Å². The van der Waals surface area contributed by atoms with E-state index < -0.39 is 5.97 Å². The molecule has 0 aromatic carbocycles. The van der Waals surface area contributed by atoms with E-state index in [-0.39, 0.29) is 6.54 Å². The quantitative estimate of drug-likeness (QED) is 0.643. The summed E-state index contributed by atoms with van der Waals surface area (Å²) in [5.74, 6) is 0.721. The minimum absolute atomic E-state index is 0.183. The van der Waals surface area contributed by atoms with Crippen LogP contribution < -0.4 is 5.32 Å². The molecule has 0 saturated heterocycles. The van der Waals surface area contributed by atoms with Crippen molar-refractivity contribution in [2.75, 3.05) is 5.32 Å². The number of rotatable bonds is 8. The lowest BCUT2D eigenvalue weighted by molar-refractivity contribution is -0.137. The number of aromatic nitrogens is 5. The number of hydrogen-bond acceptors (Lipinski definition) is 5. The van der Waals surface area contributed by atoms with E-state index in [1.807, 2.05) is 6.07 Å². The van der Waals surface area contributed by atoms with Gasteiger partial charge in [0.2, 0.25) is 5.95 Å². The topological polar surface area (TPSA) is 97.9 Å². The second-order valence-electron chi connectivity index (χ2n) is 6.80. The van der Waals surface area contributed by atoms with Crippen molar-refractivity contribution in [3.63, 3.8) is 0 Å². The summed E-state index contributed by atoms with van der Waals surface area (Å²) in [7, 11) is 0. The van der Waals surface area contributed by atoms with Gasteiger partial charge in [0.05, 0.1) is 11.9 Å². The standard InChI is InChI=1S/C18H24N6O2/c1-4-13(12(2)3)9-23-6-5-14-7-19-18(22-17(14)23)21-15-8-20-24(10-15)11-16(25)26/h5-8,10,12-13H,4,9,11H2,1-3H3,(H,25,26)(H,19,21,22). The molecule has 1 unspecified atom stereocenters. The number of carbonyl (C=O) groups is 1. The van der Waals surface area contributed by atoms with Crippen LogP contribution in [-0.2, 0) is 17.9 Å². The zero-order chi connectivity index (χ0) is 18.7. The Labute approximate surface area is 151 Å². The molecule has 0 fully saturated rings. The Morgan fingerprint density at radius 2 is 2.15 bits per heavy atom. The van der Waals surface area contributed by atoms with E-state index in [4.69, 9.17) is 5.11 Å². The number of nitrogens with one attached hydrogen (secondary N) is 1. The third-order valence-electron chi connectivity index (χ3n) is 4.59. The minimum Gasteiger partial charge on any atom is -0.480 e. The first-order chi connectivity index (χ1) is 12.5. The van der Waals surface area contributed by atoms with Gasteiger partial charge in [-0.2, -0.15) is 10.1 Å². The number of carboxylic acid groups (broad SMARTS) is 1. The maximum Gasteiger partial charge on any atom is 0.325 e. The summed E-state index contributed by atoms with van der Waals surface area (Å²) in [5.41, 5.74) is 1.54. The summed E-state index contributed by atoms with van der Waals surface area (Å²) in [5, 5.41) is 16.9. The van der Waals surface area contributed by atoms with Crippen LogP contribution in [0, 0.1) is 11.8 Å². The van der Waals surface area contributed by atoms with Crippen LogP contribution in [0.4, 0.5) is 11.6 Å². The predicted molar refractivity (Wildman–Crippen MR) is 99.3 cm³/mol. The molecule has 0 spiro atoms. The Kier molecular flexibility index (Phi) is 5.20. The van der Waals surface area contributed by atoms with Crippen molar-refractivity contribution in [3.8, 4) is 0 Å². The van der Waals surface area contributed by atoms with Crippen LogP contribution in [0.3, 0.4) is 0 Å². The number of aliphatic carboxylic acids is 1. The van der Waals surface area contributed by atoms with Crippen LogP contribution in [0.25, 0.3) is 11.0 Å². The third-order valence-corrected chi connectivity index (χ3v) is 4.59. The molecule has 3 heterocycles. The Morgan fingerprint density at radius 1 is 1.35 bits per heavy atom. The van der Waals surface area contributed by atoms with Crippen LogP contribution in [0.1, 0.15) is 27.2 Å². The molecule has 0 radical (unpaired) electrons. The fourth-order valence-corrected chi connectivity index (χ4v) is 3.02. The van der Waals surface area contributed by atoms with Crippen molar-refractivity contribution in [1.29, 1.82) is 0 Å². The first-order valence-electron chi connectivity index (χ1n) is 8.79. The molecular weight excluding hydrogens is 332 g/mol. The molecule has 0 saturated carbocycles. The average molecular weight is 356 g/mol. The molecule has 0 aliphatic heterocycles. The van der Waals surface area contributed by atoms with E-state index in [0.717, 1.165) is 24.0 Å². The lowest BCUT2D eigenvalue weighted by Crippen LogP contribution is -2.15. The Balaban J connectivity index is 1.80. The van der Waals surface area contributed by atoms with Crippen molar-refractivity contribution < 1.29 is 9.90 Å². The predicted octanol–water partition coefficient (Wildman–Crippen LogP) is 3.14. The first-order valence-corrected chi connectivity index (χ1v) is 8.79. The van der Waals surface area contributed by atoms with E-state index in [1.54, 1.807) is 18.6 Å². The lowest BCUT2D eigenvalue weighted by atomic mass is 9.93. The molecule has 3 rings (SSSR count). The van der Waals surface area contributed by atoms with Gasteiger partial charge >= 0.3 is 5.97 Å². The zero-order valence-corrected chi connectivity index (χ0v) is 15.3. The number of anilines is 2. The summed E-state index contributed by atoms with van der Waals surface area (Å²) in [6.45, 7) is 7.45. The number of nitrogens with zero attached hydrogens (tertiary/aromatic N) is 5. The first kappa shape index (κ1) is 17.9. The van der Waals surface area contributed by atoms with Crippen molar-refractivity contribution in [1.82, 2.24) is 24.3 Å². The van der Waals surface area contributed by atoms with Crippen LogP contribution in [0.5, 0.6) is 0 Å². The summed E-state index contributed by atoms with van der Waals surface area (Å²) in [4.78, 5) is 19.7. The summed E-state index contributed by atoms with van der Waals surface area (Å²) in [6, 6.07) is 2.02. The van der Waals surface area contributed by atoms with Gasteiger partial charge in [-0.15, -0.1) is 0 Å². The van der Waals surface area contributed by atoms with Gasteiger partial charge < -0.3 is 15.0 Å². The van der Waals surface area contributed by atoms with E-state index in [0.29, 0.717) is 23.5 Å². The summed E-state index contributed by atoms with van der Waals surface area (Å²) < 4.78 is 3.52. The molecule has 26 heavy (non-hydrogen) atoms. The summed E-state index contributed by atoms with van der Waals surface area (Å²) in [6.07, 6.45) is 8.14. The van der Waals surface area contributed by atoms with Crippen molar-refractivity contribution in [2.24, 2.45) is 11.8 Å². The van der Waals surface area contributed by atoms with Crippen molar-refractivity contribution in [2.45, 2.75) is 40.3 Å². The molecule has 0 bridgehead atoms. The molecule has 0 amide bonds. The normalized spacial score (nSPS) is 12.6. The molecule has 1 atom stereocenters. The van der Waals surface area contributed by atoms with Crippen molar-refractivity contribution >= 4 is 28.6 Å². The van der Waals surface area contributed by atoms with Gasteiger partial charge in [0.25, 0.3) is 0 Å². The molecule has 8 heteroatoms. The van der Waals surface area contributed by atoms with Crippen LogP contribution in [0.2, 0.25) is 0 Å². The zero-order valence-electron chi connectivity index (χ0n) is 15.3. The fourth-order valence-electron chi connectivity index (χ4n) is 3.02. The van der Waals surface area contributed by atoms with Gasteiger partial charge in [-0.1, -0.05) is 27.2 Å². The largest absolute Gasteiger partial charge is 0.480 e. The molecule has 3 aromatic rings. The van der Waals surface area contributed by atoms with E-state index in [2.05, 4.69) is 51.9 Å². The van der Waals surface area contributed by atoms with Gasteiger partial charge in [-0.25, -0.2) is 4.98 Å².